The predicted octanol–water partition coefficient (Wildman–Crippen LogP) is 0.274. The molecular weight excluding hydrogens is 560 g/mol. The average Bonchev–Trinajstić information content (AvgIpc) is 3.13. The lowest BCUT2D eigenvalue weighted by Crippen LogP contribution is -2.43. The molecule has 1 fully saturated rings. The van der Waals surface area contributed by atoms with Gasteiger partial charge in [0.1, 0.15) is 18.3 Å². The van der Waals surface area contributed by atoms with Gasteiger partial charge in [0, 0.05) is 18.5 Å². The molecule has 5 atom stereocenters. The molecule has 39 heavy (non-hydrogen) atoms. The Bertz CT molecular complexity index is 1550. The van der Waals surface area contributed by atoms with Gasteiger partial charge in [0.25, 0.3) is 5.56 Å². The fraction of sp³-hybridized carbons (Fsp3) is 0.318. The molecule has 1 aromatic carbocycles. The molecule has 3 unspecified atom stereocenters. The van der Waals surface area contributed by atoms with Crippen molar-refractivity contribution in [2.24, 2.45) is 0 Å². The van der Waals surface area contributed by atoms with Gasteiger partial charge in [-0.15, -0.1) is 0 Å². The zero-order chi connectivity index (χ0) is 28.5. The number of pyridine rings is 1. The summed E-state index contributed by atoms with van der Waals surface area (Å²) < 4.78 is 37.7. The summed E-state index contributed by atoms with van der Waals surface area (Å²) in [5.74, 6) is 0. The van der Waals surface area contributed by atoms with E-state index in [1.807, 2.05) is 31.2 Å². The Labute approximate surface area is 220 Å². The smallest absolute Gasteiger partial charge is 0.387 e. The monoisotopic (exact) mass is 585 g/mol. The fourth-order valence-electron chi connectivity index (χ4n) is 3.95. The summed E-state index contributed by atoms with van der Waals surface area (Å²) in [5.41, 5.74) is 1.63. The highest BCUT2D eigenvalue weighted by molar-refractivity contribution is 7.60. The number of rotatable bonds is 9. The van der Waals surface area contributed by atoms with Crippen LogP contribution >= 0.6 is 15.6 Å². The third kappa shape index (κ3) is 7.04. The highest BCUT2D eigenvalue weighted by atomic mass is 31.3. The maximum Gasteiger partial charge on any atom is 0.481 e. The van der Waals surface area contributed by atoms with Gasteiger partial charge >= 0.3 is 21.3 Å². The number of hydrogen-bond acceptors (Lipinski definition) is 10. The van der Waals surface area contributed by atoms with E-state index in [0.29, 0.717) is 5.69 Å². The first-order valence-electron chi connectivity index (χ1n) is 11.3. The van der Waals surface area contributed by atoms with Crippen LogP contribution in [-0.2, 0) is 29.2 Å². The lowest BCUT2D eigenvalue weighted by molar-refractivity contribution is -0.0547. The average molecular weight is 585 g/mol. The zero-order valence-electron chi connectivity index (χ0n) is 20.2. The Morgan fingerprint density at radius 2 is 1.69 bits per heavy atom. The molecule has 2 aromatic heterocycles. The van der Waals surface area contributed by atoms with Gasteiger partial charge in [0.2, 0.25) is 0 Å². The topological polar surface area (TPSA) is 220 Å². The van der Waals surface area contributed by atoms with E-state index in [-0.39, 0.29) is 6.54 Å². The minimum Gasteiger partial charge on any atom is -0.387 e. The Hall–Kier alpha value is -2.81. The van der Waals surface area contributed by atoms with Gasteiger partial charge in [-0.2, -0.15) is 4.31 Å². The predicted molar refractivity (Wildman–Crippen MR) is 133 cm³/mol. The minimum absolute atomic E-state index is 0.219. The van der Waals surface area contributed by atoms with Crippen LogP contribution < -0.4 is 11.2 Å². The summed E-state index contributed by atoms with van der Waals surface area (Å²) in [6, 6.07) is 12.3. The van der Waals surface area contributed by atoms with Crippen LogP contribution in [0.25, 0.3) is 11.1 Å². The molecule has 0 radical (unpaired) electrons. The van der Waals surface area contributed by atoms with Crippen LogP contribution in [-0.4, -0.2) is 63.9 Å². The SMILES string of the molecule is Cc1ccc(-c2ccnc(Cn3c(=O)ccn([C@@H]4O[C@H](COP(=O)(O)OP(=O)(O)O)C(O)C4O)c3=O)c2)cc1. The van der Waals surface area contributed by atoms with Gasteiger partial charge in [-0.25, -0.2) is 13.9 Å². The molecule has 0 bridgehead atoms. The van der Waals surface area contributed by atoms with Crippen molar-refractivity contribution >= 4 is 15.6 Å². The van der Waals surface area contributed by atoms with Crippen molar-refractivity contribution in [2.75, 3.05) is 6.61 Å². The quantitative estimate of drug-likeness (QED) is 0.213. The standard InChI is InChI=1S/C22H25N3O12P2/c1-13-2-4-14(5-3-13)15-6-8-23-16(10-15)11-25-18(26)7-9-24(22(25)29)21-20(28)19(27)17(36-21)12-35-39(33,34)37-38(30,31)32/h2-10,17,19-21,27-28H,11-12H2,1H3,(H,33,34)(H2,30,31,32)/t17-,19?,20?,21-/m1/s1. The Kier molecular flexibility index (Phi) is 8.50. The largest absolute Gasteiger partial charge is 0.481 e. The molecule has 0 aliphatic carbocycles. The van der Waals surface area contributed by atoms with Crippen LogP contribution in [0, 0.1) is 6.92 Å². The normalized spacial score (nSPS) is 23.0. The van der Waals surface area contributed by atoms with E-state index in [0.717, 1.165) is 38.1 Å². The lowest BCUT2D eigenvalue weighted by Gasteiger charge is -2.19. The van der Waals surface area contributed by atoms with Crippen LogP contribution in [0.3, 0.4) is 0 Å². The lowest BCUT2D eigenvalue weighted by atomic mass is 10.0. The molecule has 0 spiro atoms. The summed E-state index contributed by atoms with van der Waals surface area (Å²) >= 11 is 0. The Morgan fingerprint density at radius 3 is 2.36 bits per heavy atom. The minimum atomic E-state index is -5.38. The molecule has 1 saturated heterocycles. The second kappa shape index (κ2) is 11.4. The van der Waals surface area contributed by atoms with Gasteiger partial charge in [-0.05, 0) is 30.2 Å². The van der Waals surface area contributed by atoms with Gasteiger partial charge in [-0.1, -0.05) is 29.8 Å². The van der Waals surface area contributed by atoms with Gasteiger partial charge < -0.3 is 29.6 Å². The number of benzene rings is 1. The molecule has 0 amide bonds. The molecule has 5 N–H and O–H groups in total. The number of aryl methyl sites for hydroxylation is 1. The summed E-state index contributed by atoms with van der Waals surface area (Å²) in [6.45, 7) is 0.802. The number of phosphoric ester groups is 1. The van der Waals surface area contributed by atoms with Crippen molar-refractivity contribution < 1.29 is 47.6 Å². The van der Waals surface area contributed by atoms with E-state index < -0.39 is 58.0 Å². The molecule has 1 aliphatic heterocycles. The Morgan fingerprint density at radius 1 is 1.00 bits per heavy atom. The molecule has 3 aromatic rings. The molecule has 3 heterocycles. The zero-order valence-corrected chi connectivity index (χ0v) is 22.0. The van der Waals surface area contributed by atoms with Crippen molar-refractivity contribution in [3.63, 3.8) is 0 Å². The van der Waals surface area contributed by atoms with Crippen LogP contribution in [0.15, 0.2) is 64.4 Å². The molecule has 210 valence electrons. The molecular formula is C22H25N3O12P2. The maximum atomic E-state index is 13.2. The van der Waals surface area contributed by atoms with Crippen molar-refractivity contribution in [2.45, 2.75) is 38.0 Å². The highest BCUT2D eigenvalue weighted by Gasteiger charge is 2.46. The third-order valence-corrected chi connectivity index (χ3v) is 7.99. The number of aromatic nitrogens is 3. The first kappa shape index (κ1) is 29.2. The van der Waals surface area contributed by atoms with Crippen LogP contribution in [0.1, 0.15) is 17.5 Å². The van der Waals surface area contributed by atoms with Crippen molar-refractivity contribution in [1.29, 1.82) is 0 Å². The first-order valence-corrected chi connectivity index (χ1v) is 14.4. The van der Waals surface area contributed by atoms with E-state index >= 15 is 0 Å². The van der Waals surface area contributed by atoms with Crippen molar-refractivity contribution in [1.82, 2.24) is 14.1 Å². The molecule has 4 rings (SSSR count). The Balaban J connectivity index is 1.55. The maximum absolute atomic E-state index is 13.2. The molecule has 0 saturated carbocycles. The van der Waals surface area contributed by atoms with Gasteiger partial charge in [0.15, 0.2) is 6.23 Å². The second-order valence-corrected chi connectivity index (χ2v) is 11.5. The van der Waals surface area contributed by atoms with Crippen LogP contribution in [0.5, 0.6) is 0 Å². The fourth-order valence-corrected chi connectivity index (χ4v) is 5.54. The van der Waals surface area contributed by atoms with Gasteiger partial charge in [-0.3, -0.25) is 23.4 Å². The number of aliphatic hydroxyl groups is 2. The summed E-state index contributed by atoms with van der Waals surface area (Å²) in [4.78, 5) is 56.8. The second-order valence-electron chi connectivity index (χ2n) is 8.71. The number of phosphoric acid groups is 2. The van der Waals surface area contributed by atoms with E-state index in [2.05, 4.69) is 13.8 Å². The molecule has 15 nitrogen and oxygen atoms in total. The van der Waals surface area contributed by atoms with Gasteiger partial charge in [0.05, 0.1) is 18.8 Å². The summed E-state index contributed by atoms with van der Waals surface area (Å²) in [6.07, 6.45) is -3.95. The summed E-state index contributed by atoms with van der Waals surface area (Å²) in [5, 5.41) is 20.8. The third-order valence-electron chi connectivity index (χ3n) is 5.84. The number of aliphatic hydroxyl groups excluding tert-OH is 2. The molecule has 1 aliphatic rings. The van der Waals surface area contributed by atoms with E-state index in [1.54, 1.807) is 12.1 Å². The van der Waals surface area contributed by atoms with Crippen molar-refractivity contribution in [3.8, 4) is 11.1 Å². The number of nitrogens with zero attached hydrogens (tertiary/aromatic N) is 3. The van der Waals surface area contributed by atoms with E-state index in [9.17, 15) is 33.8 Å². The molecule has 17 heteroatoms. The van der Waals surface area contributed by atoms with E-state index in [1.165, 1.54) is 6.20 Å². The van der Waals surface area contributed by atoms with Crippen LogP contribution in [0.4, 0.5) is 0 Å². The van der Waals surface area contributed by atoms with Crippen LogP contribution in [0.2, 0.25) is 0 Å². The number of ether oxygens (including phenoxy) is 1. The first-order chi connectivity index (χ1) is 18.2. The summed E-state index contributed by atoms with van der Waals surface area (Å²) in [7, 11) is -10.6. The highest BCUT2D eigenvalue weighted by Crippen LogP contribution is 2.57. The number of hydrogen-bond donors (Lipinski definition) is 5. The van der Waals surface area contributed by atoms with Crippen molar-refractivity contribution in [3.05, 3.63) is 87.0 Å². The van der Waals surface area contributed by atoms with E-state index in [4.69, 9.17) is 14.5 Å².